The van der Waals surface area contributed by atoms with Crippen LogP contribution in [0, 0.1) is 5.82 Å². The third-order valence-corrected chi connectivity index (χ3v) is 5.42. The zero-order valence-electron chi connectivity index (χ0n) is 18.0. The monoisotopic (exact) mass is 426 g/mol. The van der Waals surface area contributed by atoms with E-state index < -0.39 is 0 Å². The van der Waals surface area contributed by atoms with Crippen molar-refractivity contribution in [2.75, 3.05) is 44.6 Å². The average molecular weight is 427 g/mol. The Morgan fingerprint density at radius 2 is 1.58 bits per heavy atom. The van der Waals surface area contributed by atoms with Crippen LogP contribution in [0.4, 0.5) is 10.1 Å². The summed E-state index contributed by atoms with van der Waals surface area (Å²) < 4.78 is 13.2. The Balaban J connectivity index is 1.32. The first-order chi connectivity index (χ1) is 15.0. The Hall–Kier alpha value is -2.77. The van der Waals surface area contributed by atoms with Gasteiger partial charge in [-0.15, -0.1) is 0 Å². The molecule has 7 heteroatoms. The van der Waals surface area contributed by atoms with Gasteiger partial charge in [-0.05, 0) is 43.5 Å². The van der Waals surface area contributed by atoms with Crippen molar-refractivity contribution >= 4 is 17.5 Å². The van der Waals surface area contributed by atoms with Gasteiger partial charge in [-0.3, -0.25) is 19.4 Å². The van der Waals surface area contributed by atoms with Crippen LogP contribution in [0.5, 0.6) is 0 Å². The van der Waals surface area contributed by atoms with Gasteiger partial charge in [0.15, 0.2) is 0 Å². The van der Waals surface area contributed by atoms with Crippen molar-refractivity contribution in [3.63, 3.8) is 0 Å². The molecule has 166 valence electrons. The molecule has 0 spiro atoms. The maximum Gasteiger partial charge on any atom is 0.238 e. The molecule has 0 aromatic heterocycles. The molecule has 0 unspecified atom stereocenters. The number of nitrogens with one attached hydrogen (secondary N) is 2. The van der Waals surface area contributed by atoms with Gasteiger partial charge in [-0.1, -0.05) is 36.4 Å². The van der Waals surface area contributed by atoms with Crippen molar-refractivity contribution in [2.24, 2.45) is 0 Å². The summed E-state index contributed by atoms with van der Waals surface area (Å²) in [5.74, 6) is -0.499. The van der Waals surface area contributed by atoms with Crippen molar-refractivity contribution in [1.29, 1.82) is 0 Å². The fourth-order valence-corrected chi connectivity index (χ4v) is 3.70. The highest BCUT2D eigenvalue weighted by Crippen LogP contribution is 2.10. The number of aryl methyl sites for hydroxylation is 1. The van der Waals surface area contributed by atoms with E-state index >= 15 is 0 Å². The van der Waals surface area contributed by atoms with E-state index in [0.29, 0.717) is 25.3 Å². The van der Waals surface area contributed by atoms with E-state index in [1.165, 1.54) is 17.7 Å². The van der Waals surface area contributed by atoms with Crippen LogP contribution in [0.2, 0.25) is 0 Å². The summed E-state index contributed by atoms with van der Waals surface area (Å²) in [4.78, 5) is 28.7. The number of hydrogen-bond acceptors (Lipinski definition) is 4. The van der Waals surface area contributed by atoms with E-state index in [0.717, 1.165) is 25.9 Å². The molecule has 2 aromatic rings. The second-order valence-electron chi connectivity index (χ2n) is 8.10. The molecule has 1 atom stereocenters. The molecular weight excluding hydrogens is 395 g/mol. The second-order valence-corrected chi connectivity index (χ2v) is 8.10. The third kappa shape index (κ3) is 8.11. The Labute approximate surface area is 183 Å². The van der Waals surface area contributed by atoms with Gasteiger partial charge in [0, 0.05) is 37.9 Å². The van der Waals surface area contributed by atoms with Crippen LogP contribution in [-0.2, 0) is 16.0 Å². The average Bonchev–Trinajstić information content (AvgIpc) is 2.74. The van der Waals surface area contributed by atoms with E-state index in [1.807, 2.05) is 30.0 Å². The van der Waals surface area contributed by atoms with Gasteiger partial charge in [0.05, 0.1) is 13.1 Å². The first kappa shape index (κ1) is 22.9. The molecule has 31 heavy (non-hydrogen) atoms. The first-order valence-electron chi connectivity index (χ1n) is 10.8. The Morgan fingerprint density at radius 3 is 2.23 bits per heavy atom. The predicted octanol–water partition coefficient (Wildman–Crippen LogP) is 2.52. The lowest BCUT2D eigenvalue weighted by Gasteiger charge is -2.34. The van der Waals surface area contributed by atoms with Crippen LogP contribution >= 0.6 is 0 Å². The molecule has 6 nitrogen and oxygen atoms in total. The molecule has 0 bridgehead atoms. The van der Waals surface area contributed by atoms with Crippen LogP contribution < -0.4 is 10.6 Å². The highest BCUT2D eigenvalue weighted by molar-refractivity contribution is 5.92. The van der Waals surface area contributed by atoms with Gasteiger partial charge in [-0.25, -0.2) is 4.39 Å². The van der Waals surface area contributed by atoms with Gasteiger partial charge in [-0.2, -0.15) is 0 Å². The van der Waals surface area contributed by atoms with Crippen molar-refractivity contribution in [1.82, 2.24) is 15.1 Å². The molecule has 2 amide bonds. The lowest BCUT2D eigenvalue weighted by Crippen LogP contribution is -2.51. The van der Waals surface area contributed by atoms with Gasteiger partial charge in [0.2, 0.25) is 11.8 Å². The molecule has 1 saturated heterocycles. The molecule has 1 aliphatic rings. The highest BCUT2D eigenvalue weighted by atomic mass is 19.1. The van der Waals surface area contributed by atoms with Gasteiger partial charge in [0.1, 0.15) is 5.82 Å². The first-order valence-corrected chi connectivity index (χ1v) is 10.8. The molecule has 3 rings (SSSR count). The number of carbonyl (C=O) groups is 2. The number of halogens is 1. The number of piperazine rings is 1. The fourth-order valence-electron chi connectivity index (χ4n) is 3.70. The minimum Gasteiger partial charge on any atom is -0.353 e. The number of anilines is 1. The number of hydrogen-bond donors (Lipinski definition) is 2. The van der Waals surface area contributed by atoms with E-state index in [2.05, 4.69) is 27.7 Å². The number of amides is 2. The Bertz CT molecular complexity index is 854. The number of nitrogens with zero attached hydrogens (tertiary/aromatic N) is 2. The lowest BCUT2D eigenvalue weighted by atomic mass is 10.1. The largest absolute Gasteiger partial charge is 0.353 e. The topological polar surface area (TPSA) is 64.7 Å². The zero-order chi connectivity index (χ0) is 22.1. The van der Waals surface area contributed by atoms with Gasteiger partial charge in [0.25, 0.3) is 0 Å². The minimum absolute atomic E-state index is 0.0397. The van der Waals surface area contributed by atoms with Crippen LogP contribution in [0.1, 0.15) is 18.9 Å². The summed E-state index contributed by atoms with van der Waals surface area (Å²) in [5, 5.41) is 5.80. The summed E-state index contributed by atoms with van der Waals surface area (Å²) in [6, 6.07) is 16.3. The molecule has 0 aliphatic carbocycles. The van der Waals surface area contributed by atoms with Crippen LogP contribution in [0.15, 0.2) is 54.6 Å². The number of benzene rings is 2. The van der Waals surface area contributed by atoms with Crippen LogP contribution in [-0.4, -0.2) is 66.9 Å². The molecule has 0 saturated carbocycles. The molecule has 2 N–H and O–H groups in total. The third-order valence-electron chi connectivity index (χ3n) is 5.42. The standard InChI is InChI=1S/C24H31FN4O2/c1-19(10-11-20-6-3-2-4-7-20)26-23(30)17-28-12-14-29(15-13-28)18-24(31)27-22-9-5-8-21(25)16-22/h2-9,16,19H,10-15,17-18H2,1H3,(H,26,30)(H,27,31)/t19-/m1/s1. The molecule has 1 heterocycles. The molecular formula is C24H31FN4O2. The maximum absolute atomic E-state index is 13.2. The van der Waals surface area contributed by atoms with Crippen molar-refractivity contribution in [3.8, 4) is 0 Å². The SMILES string of the molecule is C[C@H](CCc1ccccc1)NC(=O)CN1CCN(CC(=O)Nc2cccc(F)c2)CC1. The number of carbonyl (C=O) groups excluding carboxylic acids is 2. The maximum atomic E-state index is 13.2. The fraction of sp³-hybridized carbons (Fsp3) is 0.417. The highest BCUT2D eigenvalue weighted by Gasteiger charge is 2.21. The lowest BCUT2D eigenvalue weighted by molar-refractivity contribution is -0.124. The van der Waals surface area contributed by atoms with Crippen LogP contribution in [0.3, 0.4) is 0 Å². The normalized spacial score (nSPS) is 15.9. The van der Waals surface area contributed by atoms with Crippen molar-refractivity contribution in [2.45, 2.75) is 25.8 Å². The van der Waals surface area contributed by atoms with Gasteiger partial charge >= 0.3 is 0 Å². The van der Waals surface area contributed by atoms with E-state index in [9.17, 15) is 14.0 Å². The van der Waals surface area contributed by atoms with E-state index in [4.69, 9.17) is 0 Å². The summed E-state index contributed by atoms with van der Waals surface area (Å²) in [7, 11) is 0. The smallest absolute Gasteiger partial charge is 0.238 e. The molecule has 2 aromatic carbocycles. The second kappa shape index (κ2) is 11.6. The quantitative estimate of drug-likeness (QED) is 0.647. The zero-order valence-corrected chi connectivity index (χ0v) is 18.0. The number of rotatable bonds is 9. The predicted molar refractivity (Wildman–Crippen MR) is 120 cm³/mol. The van der Waals surface area contributed by atoms with Crippen molar-refractivity contribution < 1.29 is 14.0 Å². The molecule has 0 radical (unpaired) electrons. The summed E-state index contributed by atoms with van der Waals surface area (Å²) in [5.41, 5.74) is 1.74. The minimum atomic E-state index is -0.376. The van der Waals surface area contributed by atoms with E-state index in [1.54, 1.807) is 12.1 Å². The summed E-state index contributed by atoms with van der Waals surface area (Å²) >= 11 is 0. The van der Waals surface area contributed by atoms with E-state index in [-0.39, 0.29) is 30.2 Å². The summed E-state index contributed by atoms with van der Waals surface area (Å²) in [6.07, 6.45) is 1.85. The molecule has 1 fully saturated rings. The molecule has 1 aliphatic heterocycles. The summed E-state index contributed by atoms with van der Waals surface area (Å²) in [6.45, 7) is 5.57. The Morgan fingerprint density at radius 1 is 0.935 bits per heavy atom. The van der Waals surface area contributed by atoms with Crippen molar-refractivity contribution in [3.05, 3.63) is 66.0 Å². The van der Waals surface area contributed by atoms with Crippen LogP contribution in [0.25, 0.3) is 0 Å². The van der Waals surface area contributed by atoms with Gasteiger partial charge < -0.3 is 10.6 Å². The Kier molecular flexibility index (Phi) is 8.55.